The number of aliphatic hydroxyl groups excluding tert-OH is 1. The van der Waals surface area contributed by atoms with Crippen molar-refractivity contribution in [3.05, 3.63) is 28.2 Å². The molecule has 1 aromatic rings. The zero-order chi connectivity index (χ0) is 13.4. The summed E-state index contributed by atoms with van der Waals surface area (Å²) in [5.74, 6) is 0.953. The molecule has 1 N–H and O–H groups in total. The van der Waals surface area contributed by atoms with Gasteiger partial charge in [0.1, 0.15) is 5.75 Å². The Labute approximate surface area is 122 Å². The maximum absolute atomic E-state index is 9.86. The van der Waals surface area contributed by atoms with Gasteiger partial charge in [-0.15, -0.1) is 0 Å². The number of halogens is 1. The smallest absolute Gasteiger partial charge is 0.123 e. The van der Waals surface area contributed by atoms with Crippen LogP contribution in [0, 0.1) is 0 Å². The van der Waals surface area contributed by atoms with Crippen molar-refractivity contribution in [1.29, 1.82) is 0 Å². The van der Waals surface area contributed by atoms with E-state index in [1.165, 1.54) is 18.4 Å². The molecule has 0 saturated carbocycles. The predicted molar refractivity (Wildman–Crippen MR) is 78.3 cm³/mol. The quantitative estimate of drug-likeness (QED) is 0.927. The fraction of sp³-hybridized carbons (Fsp3) is 0.600. The SMILES string of the molecule is COc1ccc(Br)cc1CN1C2CCC1CC(O)C2. The summed E-state index contributed by atoms with van der Waals surface area (Å²) in [5, 5.41) is 9.86. The van der Waals surface area contributed by atoms with Crippen LogP contribution in [0.25, 0.3) is 0 Å². The van der Waals surface area contributed by atoms with E-state index >= 15 is 0 Å². The van der Waals surface area contributed by atoms with Crippen LogP contribution in [-0.4, -0.2) is 35.3 Å². The van der Waals surface area contributed by atoms with Crippen LogP contribution in [0.2, 0.25) is 0 Å². The highest BCUT2D eigenvalue weighted by Crippen LogP contribution is 2.38. The van der Waals surface area contributed by atoms with Crippen molar-refractivity contribution in [2.45, 2.75) is 50.4 Å². The Bertz CT molecular complexity index is 451. The van der Waals surface area contributed by atoms with Gasteiger partial charge in [-0.3, -0.25) is 4.90 Å². The highest BCUT2D eigenvalue weighted by Gasteiger charge is 2.40. The molecular formula is C15H20BrNO2. The molecule has 2 aliphatic heterocycles. The van der Waals surface area contributed by atoms with Gasteiger partial charge in [0.05, 0.1) is 13.2 Å². The number of benzene rings is 1. The molecule has 1 aromatic carbocycles. The Morgan fingerprint density at radius 1 is 1.32 bits per heavy atom. The second-order valence-corrected chi connectivity index (χ2v) is 6.55. The maximum Gasteiger partial charge on any atom is 0.123 e. The van der Waals surface area contributed by atoms with Gasteiger partial charge in [0.25, 0.3) is 0 Å². The Morgan fingerprint density at radius 3 is 2.63 bits per heavy atom. The Balaban J connectivity index is 1.80. The number of nitrogens with zero attached hydrogens (tertiary/aromatic N) is 1. The van der Waals surface area contributed by atoms with Crippen LogP contribution >= 0.6 is 15.9 Å². The number of piperidine rings is 1. The van der Waals surface area contributed by atoms with Gasteiger partial charge in [-0.05, 0) is 43.9 Å². The third-order valence-corrected chi connectivity index (χ3v) is 4.95. The molecule has 2 aliphatic rings. The zero-order valence-corrected chi connectivity index (χ0v) is 12.8. The van der Waals surface area contributed by atoms with Gasteiger partial charge in [0.15, 0.2) is 0 Å². The van der Waals surface area contributed by atoms with Crippen LogP contribution < -0.4 is 4.74 Å². The first-order valence-corrected chi connectivity index (χ1v) is 7.73. The van der Waals surface area contributed by atoms with Gasteiger partial charge < -0.3 is 9.84 Å². The van der Waals surface area contributed by atoms with E-state index in [0.29, 0.717) is 12.1 Å². The lowest BCUT2D eigenvalue weighted by Gasteiger charge is -2.37. The van der Waals surface area contributed by atoms with Gasteiger partial charge >= 0.3 is 0 Å². The van der Waals surface area contributed by atoms with Crippen molar-refractivity contribution < 1.29 is 9.84 Å². The number of hydrogen-bond donors (Lipinski definition) is 1. The van der Waals surface area contributed by atoms with E-state index in [4.69, 9.17) is 4.74 Å². The van der Waals surface area contributed by atoms with Crippen LogP contribution in [0.4, 0.5) is 0 Å². The van der Waals surface area contributed by atoms with Crippen molar-refractivity contribution in [3.8, 4) is 5.75 Å². The Hall–Kier alpha value is -0.580. The van der Waals surface area contributed by atoms with Gasteiger partial charge in [0.2, 0.25) is 0 Å². The summed E-state index contributed by atoms with van der Waals surface area (Å²) in [6.45, 7) is 0.921. The molecule has 19 heavy (non-hydrogen) atoms. The summed E-state index contributed by atoms with van der Waals surface area (Å²) < 4.78 is 6.55. The third-order valence-electron chi connectivity index (χ3n) is 4.45. The van der Waals surface area contributed by atoms with Gasteiger partial charge in [0, 0.05) is 28.7 Å². The molecule has 0 aromatic heterocycles. The number of methoxy groups -OCH3 is 1. The van der Waals surface area contributed by atoms with E-state index in [0.717, 1.165) is 29.6 Å². The molecule has 2 unspecified atom stereocenters. The predicted octanol–water partition coefficient (Wildman–Crippen LogP) is 2.95. The first-order valence-electron chi connectivity index (χ1n) is 6.93. The third kappa shape index (κ3) is 2.67. The topological polar surface area (TPSA) is 32.7 Å². The molecule has 0 aliphatic carbocycles. The molecule has 4 heteroatoms. The number of ether oxygens (including phenoxy) is 1. The van der Waals surface area contributed by atoms with E-state index in [1.54, 1.807) is 7.11 Å². The molecule has 2 fully saturated rings. The summed E-state index contributed by atoms with van der Waals surface area (Å²) in [7, 11) is 1.72. The molecule has 0 spiro atoms. The molecule has 3 rings (SSSR count). The van der Waals surface area contributed by atoms with Crippen molar-refractivity contribution >= 4 is 15.9 Å². The molecule has 2 heterocycles. The molecule has 2 atom stereocenters. The lowest BCUT2D eigenvalue weighted by molar-refractivity contribution is 0.0307. The van der Waals surface area contributed by atoms with Crippen LogP contribution in [0.15, 0.2) is 22.7 Å². The molecule has 2 bridgehead atoms. The van der Waals surface area contributed by atoms with Crippen molar-refractivity contribution in [2.24, 2.45) is 0 Å². The second kappa shape index (κ2) is 5.43. The lowest BCUT2D eigenvalue weighted by atomic mass is 9.99. The summed E-state index contributed by atoms with van der Waals surface area (Å²) in [6.07, 6.45) is 4.19. The van der Waals surface area contributed by atoms with E-state index in [1.807, 2.05) is 12.1 Å². The average Bonchev–Trinajstić information content (AvgIpc) is 2.62. The lowest BCUT2D eigenvalue weighted by Crippen LogP contribution is -2.44. The summed E-state index contributed by atoms with van der Waals surface area (Å²) in [6, 6.07) is 7.25. The number of aliphatic hydroxyl groups is 1. The fourth-order valence-electron chi connectivity index (χ4n) is 3.57. The number of hydrogen-bond acceptors (Lipinski definition) is 3. The van der Waals surface area contributed by atoms with E-state index in [9.17, 15) is 5.11 Å². The van der Waals surface area contributed by atoms with Crippen molar-refractivity contribution in [1.82, 2.24) is 4.90 Å². The summed E-state index contributed by atoms with van der Waals surface area (Å²) in [5.41, 5.74) is 1.23. The molecule has 3 nitrogen and oxygen atoms in total. The standard InChI is InChI=1S/C15H20BrNO2/c1-19-15-5-2-11(16)6-10(15)9-17-12-3-4-13(17)8-14(18)7-12/h2,5-6,12-14,18H,3-4,7-9H2,1H3. The molecule has 0 amide bonds. The molecule has 2 saturated heterocycles. The molecule has 104 valence electrons. The summed E-state index contributed by atoms with van der Waals surface area (Å²) >= 11 is 3.53. The first kappa shape index (κ1) is 13.4. The summed E-state index contributed by atoms with van der Waals surface area (Å²) in [4.78, 5) is 2.55. The number of fused-ring (bicyclic) bond motifs is 2. The fourth-order valence-corrected chi connectivity index (χ4v) is 3.98. The minimum absolute atomic E-state index is 0.0989. The van der Waals surface area contributed by atoms with E-state index in [-0.39, 0.29) is 6.10 Å². The second-order valence-electron chi connectivity index (χ2n) is 5.64. The average molecular weight is 326 g/mol. The van der Waals surface area contributed by atoms with Gasteiger partial charge in [-0.25, -0.2) is 0 Å². The minimum atomic E-state index is -0.0989. The van der Waals surface area contributed by atoms with Crippen molar-refractivity contribution in [2.75, 3.05) is 7.11 Å². The van der Waals surface area contributed by atoms with Crippen LogP contribution in [-0.2, 0) is 6.54 Å². The van der Waals surface area contributed by atoms with Gasteiger partial charge in [-0.1, -0.05) is 15.9 Å². The zero-order valence-electron chi connectivity index (χ0n) is 11.2. The number of rotatable bonds is 3. The minimum Gasteiger partial charge on any atom is -0.496 e. The molecular weight excluding hydrogens is 306 g/mol. The Kier molecular flexibility index (Phi) is 3.83. The Morgan fingerprint density at radius 2 is 2.00 bits per heavy atom. The van der Waals surface area contributed by atoms with E-state index in [2.05, 4.69) is 26.9 Å². The van der Waals surface area contributed by atoms with Crippen LogP contribution in [0.1, 0.15) is 31.2 Å². The monoisotopic (exact) mass is 325 g/mol. The van der Waals surface area contributed by atoms with Crippen LogP contribution in [0.3, 0.4) is 0 Å². The molecule has 0 radical (unpaired) electrons. The van der Waals surface area contributed by atoms with E-state index < -0.39 is 0 Å². The first-order chi connectivity index (χ1) is 9.17. The van der Waals surface area contributed by atoms with Crippen LogP contribution in [0.5, 0.6) is 5.75 Å². The highest BCUT2D eigenvalue weighted by molar-refractivity contribution is 9.10. The highest BCUT2D eigenvalue weighted by atomic mass is 79.9. The normalized spacial score (nSPS) is 30.6. The van der Waals surface area contributed by atoms with Gasteiger partial charge in [-0.2, -0.15) is 0 Å². The largest absolute Gasteiger partial charge is 0.496 e. The van der Waals surface area contributed by atoms with Crippen molar-refractivity contribution in [3.63, 3.8) is 0 Å². The maximum atomic E-state index is 9.86.